The first-order valence-electron chi connectivity index (χ1n) is 12.6. The molecule has 0 N–H and O–H groups in total. The number of nitrogens with zero attached hydrogens (tertiary/aromatic N) is 1. The minimum atomic E-state index is -0.392. The molecule has 5 heteroatoms. The molecule has 0 aliphatic rings. The van der Waals surface area contributed by atoms with Crippen molar-refractivity contribution in [3.63, 3.8) is 0 Å². The summed E-state index contributed by atoms with van der Waals surface area (Å²) in [7, 11) is 0. The zero-order valence-electron chi connectivity index (χ0n) is 20.6. The van der Waals surface area contributed by atoms with Gasteiger partial charge in [-0.2, -0.15) is 0 Å². The number of carbonyl (C=O) groups is 2. The van der Waals surface area contributed by atoms with Gasteiger partial charge in [0.25, 0.3) is 0 Å². The number of ketones is 2. The number of unbranched alkanes of at least 4 members (excludes halogenated alkanes) is 3. The highest BCUT2D eigenvalue weighted by atomic mass is 19.1. The zero-order valence-corrected chi connectivity index (χ0v) is 20.6. The van der Waals surface area contributed by atoms with Crippen molar-refractivity contribution in [2.45, 2.75) is 39.2 Å². The molecule has 5 rings (SSSR count). The van der Waals surface area contributed by atoms with Crippen LogP contribution in [0, 0.1) is 11.6 Å². The highest BCUT2D eigenvalue weighted by Gasteiger charge is 2.17. The van der Waals surface area contributed by atoms with Crippen molar-refractivity contribution in [2.75, 3.05) is 0 Å². The van der Waals surface area contributed by atoms with Crippen LogP contribution >= 0.6 is 0 Å². The van der Waals surface area contributed by atoms with Crippen molar-refractivity contribution in [3.8, 4) is 0 Å². The predicted molar refractivity (Wildman–Crippen MR) is 143 cm³/mol. The van der Waals surface area contributed by atoms with Crippen LogP contribution in [0.15, 0.2) is 84.9 Å². The Labute approximate surface area is 214 Å². The Balaban J connectivity index is 1.61. The lowest BCUT2D eigenvalue weighted by molar-refractivity contribution is 0.103. The van der Waals surface area contributed by atoms with Crippen molar-refractivity contribution in [2.24, 2.45) is 0 Å². The van der Waals surface area contributed by atoms with Crippen LogP contribution in [0.1, 0.15) is 64.4 Å². The van der Waals surface area contributed by atoms with Gasteiger partial charge < -0.3 is 4.57 Å². The van der Waals surface area contributed by atoms with E-state index >= 15 is 0 Å². The lowest BCUT2D eigenvalue weighted by Crippen LogP contribution is -2.02. The van der Waals surface area contributed by atoms with E-state index in [-0.39, 0.29) is 11.6 Å². The SMILES string of the molecule is CCCCCCn1c2ccc(C(=O)c3ccc(F)cc3)cc2c2cc(C(=O)c3ccc(F)cc3)ccc21. The third-order valence-electron chi connectivity index (χ3n) is 6.84. The van der Waals surface area contributed by atoms with E-state index in [1.54, 1.807) is 12.1 Å². The van der Waals surface area contributed by atoms with Crippen molar-refractivity contribution in [3.05, 3.63) is 119 Å². The van der Waals surface area contributed by atoms with Crippen LogP contribution in [0.5, 0.6) is 0 Å². The Bertz CT molecular complexity index is 1480. The van der Waals surface area contributed by atoms with E-state index in [1.807, 2.05) is 24.3 Å². The largest absolute Gasteiger partial charge is 0.340 e. The lowest BCUT2D eigenvalue weighted by Gasteiger charge is -2.08. The summed E-state index contributed by atoms with van der Waals surface area (Å²) in [6.45, 7) is 3.01. The summed E-state index contributed by atoms with van der Waals surface area (Å²) in [5.74, 6) is -1.17. The molecule has 1 heterocycles. The van der Waals surface area contributed by atoms with E-state index in [2.05, 4.69) is 11.5 Å². The van der Waals surface area contributed by atoms with Crippen LogP contribution < -0.4 is 0 Å². The zero-order chi connectivity index (χ0) is 25.9. The maximum absolute atomic E-state index is 13.4. The topological polar surface area (TPSA) is 39.1 Å². The van der Waals surface area contributed by atoms with Gasteiger partial charge in [-0.15, -0.1) is 0 Å². The third kappa shape index (κ3) is 4.94. The van der Waals surface area contributed by atoms with Gasteiger partial charge in [-0.05, 0) is 91.3 Å². The smallest absolute Gasteiger partial charge is 0.193 e. The maximum Gasteiger partial charge on any atom is 0.193 e. The molecule has 0 aliphatic heterocycles. The van der Waals surface area contributed by atoms with Crippen LogP contribution in [0.3, 0.4) is 0 Å². The van der Waals surface area contributed by atoms with Gasteiger partial charge in [0.15, 0.2) is 11.6 Å². The molecule has 4 aromatic carbocycles. The summed E-state index contributed by atoms with van der Waals surface area (Å²) in [5.41, 5.74) is 3.81. The van der Waals surface area contributed by atoms with E-state index in [0.717, 1.165) is 47.6 Å². The molecule has 0 atom stereocenters. The summed E-state index contributed by atoms with van der Waals surface area (Å²) in [6, 6.07) is 22.3. The van der Waals surface area contributed by atoms with Crippen molar-refractivity contribution >= 4 is 33.4 Å². The Morgan fingerprint density at radius 1 is 0.595 bits per heavy atom. The van der Waals surface area contributed by atoms with Gasteiger partial charge in [-0.1, -0.05) is 26.2 Å². The number of carbonyl (C=O) groups excluding carboxylic acids is 2. The van der Waals surface area contributed by atoms with E-state index in [9.17, 15) is 18.4 Å². The molecule has 0 spiro atoms. The second-order valence-electron chi connectivity index (χ2n) is 9.35. The number of rotatable bonds is 9. The number of hydrogen-bond donors (Lipinski definition) is 0. The number of hydrogen-bond acceptors (Lipinski definition) is 2. The Morgan fingerprint density at radius 3 is 1.46 bits per heavy atom. The van der Waals surface area contributed by atoms with Crippen LogP contribution in [0.25, 0.3) is 21.8 Å². The number of benzene rings is 4. The maximum atomic E-state index is 13.4. The molecule has 0 saturated heterocycles. The van der Waals surface area contributed by atoms with Crippen LogP contribution in [-0.4, -0.2) is 16.1 Å². The molecule has 0 aliphatic carbocycles. The van der Waals surface area contributed by atoms with Crippen molar-refractivity contribution < 1.29 is 18.4 Å². The molecule has 37 heavy (non-hydrogen) atoms. The van der Waals surface area contributed by atoms with Gasteiger partial charge in [0.2, 0.25) is 0 Å². The summed E-state index contributed by atoms with van der Waals surface area (Å²) >= 11 is 0. The fraction of sp³-hybridized carbons (Fsp3) is 0.188. The summed E-state index contributed by atoms with van der Waals surface area (Å²) in [6.07, 6.45) is 4.47. The summed E-state index contributed by atoms with van der Waals surface area (Å²) < 4.78 is 29.0. The number of fused-ring (bicyclic) bond motifs is 3. The minimum Gasteiger partial charge on any atom is -0.340 e. The lowest BCUT2D eigenvalue weighted by atomic mass is 9.99. The van der Waals surface area contributed by atoms with E-state index in [0.29, 0.717) is 22.3 Å². The fourth-order valence-electron chi connectivity index (χ4n) is 4.86. The molecule has 0 fully saturated rings. The van der Waals surface area contributed by atoms with E-state index in [1.165, 1.54) is 55.0 Å². The monoisotopic (exact) mass is 495 g/mol. The first-order valence-corrected chi connectivity index (χ1v) is 12.6. The van der Waals surface area contributed by atoms with Gasteiger partial charge in [-0.25, -0.2) is 8.78 Å². The molecular formula is C32H27F2NO2. The highest BCUT2D eigenvalue weighted by molar-refractivity contribution is 6.17. The van der Waals surface area contributed by atoms with Crippen molar-refractivity contribution in [1.29, 1.82) is 0 Å². The predicted octanol–water partition coefficient (Wildman–Crippen LogP) is 8.12. The Morgan fingerprint density at radius 2 is 1.03 bits per heavy atom. The van der Waals surface area contributed by atoms with Crippen LogP contribution in [-0.2, 0) is 6.54 Å². The van der Waals surface area contributed by atoms with E-state index in [4.69, 9.17) is 0 Å². The molecule has 0 amide bonds. The molecule has 0 radical (unpaired) electrons. The van der Waals surface area contributed by atoms with E-state index < -0.39 is 11.6 Å². The molecule has 1 aromatic heterocycles. The molecule has 5 aromatic rings. The quantitative estimate of drug-likeness (QED) is 0.153. The minimum absolute atomic E-state index is 0.190. The highest BCUT2D eigenvalue weighted by Crippen LogP contribution is 2.32. The van der Waals surface area contributed by atoms with Gasteiger partial charge >= 0.3 is 0 Å². The van der Waals surface area contributed by atoms with Crippen molar-refractivity contribution in [1.82, 2.24) is 4.57 Å². The first-order chi connectivity index (χ1) is 18.0. The first kappa shape index (κ1) is 24.6. The van der Waals surface area contributed by atoms with Gasteiger partial charge in [0.05, 0.1) is 0 Å². The number of aromatic nitrogens is 1. The average molecular weight is 496 g/mol. The summed E-state index contributed by atoms with van der Waals surface area (Å²) in [5, 5.41) is 1.76. The molecular weight excluding hydrogens is 468 g/mol. The average Bonchev–Trinajstić information content (AvgIpc) is 3.23. The Kier molecular flexibility index (Phi) is 6.95. The standard InChI is InChI=1S/C32H27F2NO2/c1-2-3-4-5-18-35-29-16-10-23(31(36)21-6-12-25(33)13-7-21)19-27(29)28-20-24(11-17-30(28)35)32(37)22-8-14-26(34)15-9-22/h6-17,19-20H,2-5,18H2,1H3. The van der Waals surface area contributed by atoms with Gasteiger partial charge in [0.1, 0.15) is 11.6 Å². The number of halogens is 2. The second kappa shape index (κ2) is 10.5. The fourth-order valence-corrected chi connectivity index (χ4v) is 4.86. The van der Waals surface area contributed by atoms with Gasteiger partial charge in [-0.3, -0.25) is 9.59 Å². The molecule has 3 nitrogen and oxygen atoms in total. The normalized spacial score (nSPS) is 11.3. The second-order valence-corrected chi connectivity index (χ2v) is 9.35. The third-order valence-corrected chi connectivity index (χ3v) is 6.84. The Hall–Kier alpha value is -4.12. The van der Waals surface area contributed by atoms with Gasteiger partial charge in [0, 0.05) is 50.6 Å². The molecule has 0 bridgehead atoms. The summed E-state index contributed by atoms with van der Waals surface area (Å²) in [4.78, 5) is 26.3. The molecule has 0 saturated carbocycles. The molecule has 0 unspecified atom stereocenters. The molecule has 186 valence electrons. The number of aryl methyl sites for hydroxylation is 1. The van der Waals surface area contributed by atoms with Crippen LogP contribution in [0.2, 0.25) is 0 Å². The van der Waals surface area contributed by atoms with Crippen LogP contribution in [0.4, 0.5) is 8.78 Å².